The largest absolute Gasteiger partial charge is 0.743 e. The Morgan fingerprint density at radius 1 is 1.00 bits per heavy atom. The Morgan fingerprint density at radius 3 is 1.93 bits per heavy atom. The van der Waals surface area contributed by atoms with E-state index in [1.165, 1.54) is 0 Å². The van der Waals surface area contributed by atoms with Gasteiger partial charge in [-0.05, 0) is 75.1 Å². The lowest BCUT2D eigenvalue weighted by Crippen LogP contribution is -2.42. The molecule has 4 atom stereocenters. The molecule has 2 aliphatic rings. The summed E-state index contributed by atoms with van der Waals surface area (Å²) < 4.78 is 70.1. The van der Waals surface area contributed by atoms with Crippen molar-refractivity contribution in [1.29, 1.82) is 0 Å². The second-order valence-corrected chi connectivity index (χ2v) is 10.9. The molecule has 1 aromatic rings. The molecule has 2 bridgehead atoms. The minimum atomic E-state index is -6.16. The highest BCUT2D eigenvalue weighted by molar-refractivity contribution is 9.11. The molecule has 160 valence electrons. The first kappa shape index (κ1) is 23.0. The minimum Gasteiger partial charge on any atom is -0.743 e. The molecule has 0 radical (unpaired) electrons. The third-order valence-corrected chi connectivity index (χ3v) is 7.51. The highest BCUT2D eigenvalue weighted by Crippen LogP contribution is 2.48. The zero-order valence-electron chi connectivity index (χ0n) is 14.2. The summed E-state index contributed by atoms with van der Waals surface area (Å²) in [5.74, 6) is -3.55. The molecule has 0 spiro atoms. The molecular formula is C16H12Br3F2O7S-. The van der Waals surface area contributed by atoms with Crippen LogP contribution in [0.2, 0.25) is 0 Å². The summed E-state index contributed by atoms with van der Waals surface area (Å²) in [6.07, 6.45) is -0.578. The topological polar surface area (TPSA) is 110 Å². The van der Waals surface area contributed by atoms with E-state index < -0.39 is 39.5 Å². The van der Waals surface area contributed by atoms with Gasteiger partial charge in [0, 0.05) is 13.4 Å². The Hall–Kier alpha value is -0.630. The zero-order chi connectivity index (χ0) is 21.7. The number of ether oxygens (including phenoxy) is 2. The number of carbonyl (C=O) groups is 2. The second kappa shape index (κ2) is 8.13. The van der Waals surface area contributed by atoms with Gasteiger partial charge >= 0.3 is 17.2 Å². The molecule has 0 N–H and O–H groups in total. The zero-order valence-corrected chi connectivity index (χ0v) is 19.8. The Kier molecular flexibility index (Phi) is 6.46. The van der Waals surface area contributed by atoms with Crippen LogP contribution in [0.25, 0.3) is 0 Å². The highest BCUT2D eigenvalue weighted by Gasteiger charge is 2.54. The predicted octanol–water partition coefficient (Wildman–Crippen LogP) is 3.98. The lowest BCUT2D eigenvalue weighted by molar-refractivity contribution is -0.170. The van der Waals surface area contributed by atoms with Gasteiger partial charge in [-0.25, -0.2) is 18.0 Å². The van der Waals surface area contributed by atoms with Crippen molar-refractivity contribution < 1.29 is 40.8 Å². The standard InChI is InChI=1S/C16H13Br3F2O7S/c17-8-4-9(18)13(10(19)5-8)14(22)27-11-2-7-1-6(11)3-12(7)28-15(23)16(20,21)29(24,25)26/h4-7,11-12H,1-3H2,(H,24,25,26)/p-1. The van der Waals surface area contributed by atoms with E-state index in [2.05, 4.69) is 52.5 Å². The molecule has 3 rings (SSSR count). The van der Waals surface area contributed by atoms with E-state index in [0.29, 0.717) is 20.9 Å². The molecular weight excluding hydrogens is 614 g/mol. The molecule has 2 fully saturated rings. The number of fused-ring (bicyclic) bond motifs is 2. The molecule has 7 nitrogen and oxygen atoms in total. The molecule has 0 saturated heterocycles. The summed E-state index contributed by atoms with van der Waals surface area (Å²) in [7, 11) is -6.16. The molecule has 2 saturated carbocycles. The van der Waals surface area contributed by atoms with E-state index in [1.807, 2.05) is 0 Å². The molecule has 0 heterocycles. The fourth-order valence-electron chi connectivity index (χ4n) is 3.70. The minimum absolute atomic E-state index is 0.131. The third-order valence-electron chi connectivity index (χ3n) is 5.01. The van der Waals surface area contributed by atoms with Gasteiger partial charge in [0.15, 0.2) is 10.1 Å². The van der Waals surface area contributed by atoms with Crippen molar-refractivity contribution in [2.45, 2.75) is 36.7 Å². The van der Waals surface area contributed by atoms with Gasteiger partial charge in [-0.3, -0.25) is 0 Å². The Balaban J connectivity index is 1.63. The Bertz CT molecular complexity index is 946. The van der Waals surface area contributed by atoms with Crippen LogP contribution in [0.5, 0.6) is 0 Å². The maximum atomic E-state index is 13.3. The number of benzene rings is 1. The van der Waals surface area contributed by atoms with Crippen molar-refractivity contribution in [3.05, 3.63) is 31.1 Å². The van der Waals surface area contributed by atoms with Crippen LogP contribution in [0.4, 0.5) is 8.78 Å². The first-order valence-corrected chi connectivity index (χ1v) is 12.0. The van der Waals surface area contributed by atoms with Crippen LogP contribution in [-0.4, -0.2) is 42.4 Å². The van der Waals surface area contributed by atoms with E-state index >= 15 is 0 Å². The molecule has 29 heavy (non-hydrogen) atoms. The molecule has 4 unspecified atom stereocenters. The Labute approximate surface area is 189 Å². The average Bonchev–Trinajstić information content (AvgIpc) is 3.12. The maximum Gasteiger partial charge on any atom is 0.428 e. The highest BCUT2D eigenvalue weighted by atomic mass is 79.9. The molecule has 0 aliphatic heterocycles. The SMILES string of the molecule is O=C(OC1CC2CC1CC2OC(=O)C(F)(F)S(=O)(=O)[O-])c1c(Br)cc(Br)cc1Br. The third kappa shape index (κ3) is 4.53. The van der Waals surface area contributed by atoms with Gasteiger partial charge < -0.3 is 14.0 Å². The summed E-state index contributed by atoms with van der Waals surface area (Å²) in [5, 5.41) is -5.14. The van der Waals surface area contributed by atoms with E-state index in [9.17, 15) is 31.3 Å². The van der Waals surface area contributed by atoms with E-state index in [1.54, 1.807) is 12.1 Å². The van der Waals surface area contributed by atoms with Gasteiger partial charge in [-0.15, -0.1) is 0 Å². The molecule has 13 heteroatoms. The predicted molar refractivity (Wildman–Crippen MR) is 104 cm³/mol. The van der Waals surface area contributed by atoms with Gasteiger partial charge in [-0.1, -0.05) is 15.9 Å². The fourth-order valence-corrected chi connectivity index (χ4v) is 6.54. The maximum absolute atomic E-state index is 13.3. The summed E-state index contributed by atoms with van der Waals surface area (Å²) in [5.41, 5.74) is 0.291. The molecule has 0 amide bonds. The van der Waals surface area contributed by atoms with Crippen LogP contribution in [0.1, 0.15) is 29.6 Å². The lowest BCUT2D eigenvalue weighted by atomic mass is 9.95. The van der Waals surface area contributed by atoms with Crippen LogP contribution in [0, 0.1) is 11.8 Å². The first-order chi connectivity index (χ1) is 13.3. The van der Waals surface area contributed by atoms with E-state index in [0.717, 1.165) is 4.47 Å². The van der Waals surface area contributed by atoms with Crippen molar-refractivity contribution in [2.24, 2.45) is 11.8 Å². The van der Waals surface area contributed by atoms with Crippen molar-refractivity contribution in [1.82, 2.24) is 0 Å². The number of alkyl halides is 2. The second-order valence-electron chi connectivity index (χ2n) is 6.83. The molecule has 1 aromatic carbocycles. The number of esters is 2. The number of hydrogen-bond acceptors (Lipinski definition) is 7. The van der Waals surface area contributed by atoms with Crippen LogP contribution >= 0.6 is 47.8 Å². The number of hydrogen-bond donors (Lipinski definition) is 0. The average molecular weight is 626 g/mol. The normalized spacial score (nSPS) is 26.4. The number of halogens is 5. The molecule has 2 aliphatic carbocycles. The van der Waals surface area contributed by atoms with Crippen molar-refractivity contribution in [2.75, 3.05) is 0 Å². The van der Waals surface area contributed by atoms with Crippen LogP contribution in [0.3, 0.4) is 0 Å². The van der Waals surface area contributed by atoms with Crippen molar-refractivity contribution in [3.63, 3.8) is 0 Å². The summed E-state index contributed by atoms with van der Waals surface area (Å²) >= 11 is 9.89. The van der Waals surface area contributed by atoms with Gasteiger partial charge in [0.05, 0.1) is 5.56 Å². The number of carbonyl (C=O) groups excluding carboxylic acids is 2. The first-order valence-electron chi connectivity index (χ1n) is 8.21. The van der Waals surface area contributed by atoms with Gasteiger partial charge in [0.2, 0.25) is 0 Å². The van der Waals surface area contributed by atoms with E-state index in [-0.39, 0.29) is 24.7 Å². The fraction of sp³-hybridized carbons (Fsp3) is 0.500. The van der Waals surface area contributed by atoms with Crippen LogP contribution < -0.4 is 0 Å². The van der Waals surface area contributed by atoms with Crippen LogP contribution in [0.15, 0.2) is 25.6 Å². The van der Waals surface area contributed by atoms with Gasteiger partial charge in [-0.2, -0.15) is 8.78 Å². The summed E-state index contributed by atoms with van der Waals surface area (Å²) in [6, 6.07) is 3.36. The van der Waals surface area contributed by atoms with Gasteiger partial charge in [0.1, 0.15) is 12.2 Å². The van der Waals surface area contributed by atoms with Crippen molar-refractivity contribution in [3.8, 4) is 0 Å². The van der Waals surface area contributed by atoms with Crippen molar-refractivity contribution >= 4 is 69.8 Å². The summed E-state index contributed by atoms with van der Waals surface area (Å²) in [6.45, 7) is 0. The lowest BCUT2D eigenvalue weighted by Gasteiger charge is -2.29. The number of rotatable bonds is 5. The smallest absolute Gasteiger partial charge is 0.428 e. The Morgan fingerprint density at radius 2 is 1.48 bits per heavy atom. The van der Waals surface area contributed by atoms with Gasteiger partial charge in [0.25, 0.3) is 0 Å². The van der Waals surface area contributed by atoms with Crippen LogP contribution in [-0.2, 0) is 24.4 Å². The monoisotopic (exact) mass is 623 g/mol. The molecule has 0 aromatic heterocycles. The van der Waals surface area contributed by atoms with E-state index in [4.69, 9.17) is 4.74 Å². The summed E-state index contributed by atoms with van der Waals surface area (Å²) in [4.78, 5) is 24.0. The quantitative estimate of drug-likeness (QED) is 0.360.